The molecule has 1 aliphatic carbocycles. The molecule has 5 heteroatoms. The van der Waals surface area contributed by atoms with Crippen molar-refractivity contribution < 1.29 is 13.6 Å². The molecule has 1 amide bonds. The third kappa shape index (κ3) is 7.76. The molecule has 0 aromatic heterocycles. The Labute approximate surface area is 213 Å². The summed E-state index contributed by atoms with van der Waals surface area (Å²) in [6.07, 6.45) is 11.2. The molecule has 0 radical (unpaired) electrons. The van der Waals surface area contributed by atoms with Crippen molar-refractivity contribution in [2.75, 3.05) is 0 Å². The first kappa shape index (κ1) is 28.7. The number of halogens is 3. The quantitative estimate of drug-likeness (QED) is 0.209. The molecule has 1 aliphatic rings. The summed E-state index contributed by atoms with van der Waals surface area (Å²) < 4.78 is 29.8. The Balaban J connectivity index is 2.17. The van der Waals surface area contributed by atoms with Crippen LogP contribution in [0.15, 0.2) is 48.1 Å². The van der Waals surface area contributed by atoms with Gasteiger partial charge in [0.2, 0.25) is 5.91 Å². The lowest BCUT2D eigenvalue weighted by Crippen LogP contribution is -2.52. The highest BCUT2D eigenvalue weighted by molar-refractivity contribution is 9.10. The fourth-order valence-corrected chi connectivity index (χ4v) is 5.29. The fourth-order valence-electron chi connectivity index (χ4n) is 4.83. The Bertz CT molecular complexity index is 856. The van der Waals surface area contributed by atoms with Gasteiger partial charge in [0, 0.05) is 6.08 Å². The summed E-state index contributed by atoms with van der Waals surface area (Å²) in [5, 5.41) is 2.95. The first-order valence-electron chi connectivity index (χ1n) is 12.8. The third-order valence-corrected chi connectivity index (χ3v) is 7.58. The van der Waals surface area contributed by atoms with E-state index in [0.29, 0.717) is 12.8 Å². The van der Waals surface area contributed by atoms with E-state index in [9.17, 15) is 9.18 Å². The Hall–Kier alpha value is -1.49. The van der Waals surface area contributed by atoms with Crippen molar-refractivity contribution in [3.05, 3.63) is 59.2 Å². The smallest absolute Gasteiger partial charge is 0.234 e. The van der Waals surface area contributed by atoms with Crippen molar-refractivity contribution in [3.63, 3.8) is 0 Å². The van der Waals surface area contributed by atoms with Gasteiger partial charge < -0.3 is 5.32 Å². The number of hydrogen-bond donors (Lipinski definition) is 1. The zero-order valence-corrected chi connectivity index (χ0v) is 23.1. The van der Waals surface area contributed by atoms with Gasteiger partial charge in [-0.1, -0.05) is 113 Å². The third-order valence-electron chi connectivity index (χ3n) is 6.70. The number of alkyl halides is 1. The maximum absolute atomic E-state index is 15.5. The van der Waals surface area contributed by atoms with Crippen molar-refractivity contribution >= 4 is 21.8 Å². The zero-order valence-electron chi connectivity index (χ0n) is 21.5. The Morgan fingerprint density at radius 2 is 1.68 bits per heavy atom. The molecule has 0 saturated carbocycles. The average Bonchev–Trinajstić information content (AvgIpc) is 2.76. The lowest BCUT2D eigenvalue weighted by atomic mass is 9.68. The second kappa shape index (κ2) is 13.0. The van der Waals surface area contributed by atoms with E-state index >= 15 is 4.39 Å². The van der Waals surface area contributed by atoms with E-state index in [2.05, 4.69) is 48.9 Å². The number of amides is 1. The molecular formula is C29H42BrF2NO. The molecule has 1 aromatic rings. The number of hydrogen-bond acceptors (Lipinski definition) is 1. The van der Waals surface area contributed by atoms with Crippen LogP contribution in [0.4, 0.5) is 8.78 Å². The Kier molecular flexibility index (Phi) is 11.0. The topological polar surface area (TPSA) is 29.1 Å². The molecule has 0 bridgehead atoms. The minimum absolute atomic E-state index is 0.142. The molecule has 0 aliphatic heterocycles. The Morgan fingerprint density at radius 3 is 2.26 bits per heavy atom. The Morgan fingerprint density at radius 1 is 1.06 bits per heavy atom. The summed E-state index contributed by atoms with van der Waals surface area (Å²) in [6.45, 7) is 10.6. The van der Waals surface area contributed by atoms with Crippen molar-refractivity contribution in [1.29, 1.82) is 0 Å². The summed E-state index contributed by atoms with van der Waals surface area (Å²) >= 11 is 3.50. The van der Waals surface area contributed by atoms with Gasteiger partial charge in [-0.2, -0.15) is 0 Å². The van der Waals surface area contributed by atoms with Crippen LogP contribution in [-0.4, -0.2) is 16.8 Å². The van der Waals surface area contributed by atoms with Gasteiger partial charge in [-0.15, -0.1) is 0 Å². The summed E-state index contributed by atoms with van der Waals surface area (Å²) in [4.78, 5) is 12.6. The van der Waals surface area contributed by atoms with Crippen LogP contribution in [0, 0.1) is 5.41 Å². The maximum Gasteiger partial charge on any atom is 0.234 e. The molecule has 190 valence electrons. The predicted octanol–water partition coefficient (Wildman–Crippen LogP) is 8.64. The summed E-state index contributed by atoms with van der Waals surface area (Å²) in [5.74, 6) is -1.43. The molecule has 2 nitrogen and oxygen atoms in total. The average molecular weight is 539 g/mol. The van der Waals surface area contributed by atoms with Crippen molar-refractivity contribution in [3.8, 4) is 0 Å². The van der Waals surface area contributed by atoms with E-state index in [1.54, 1.807) is 0 Å². The van der Waals surface area contributed by atoms with E-state index in [4.69, 9.17) is 0 Å². The van der Waals surface area contributed by atoms with Gasteiger partial charge in [0.05, 0.1) is 16.3 Å². The predicted molar refractivity (Wildman–Crippen MR) is 143 cm³/mol. The van der Waals surface area contributed by atoms with E-state index in [1.165, 1.54) is 37.3 Å². The SMILES string of the molecule is CCCCCCCCC(Br)C(=O)NC1C=C(F)C=C(F)C1(CC)c1ccc(CC(C)(C)C)cc1. The van der Waals surface area contributed by atoms with Gasteiger partial charge >= 0.3 is 0 Å². The number of carbonyl (C=O) groups excluding carboxylic acids is 1. The second-order valence-electron chi connectivity index (χ2n) is 10.8. The van der Waals surface area contributed by atoms with Gasteiger partial charge in [0.15, 0.2) is 0 Å². The van der Waals surface area contributed by atoms with Crippen LogP contribution in [0.2, 0.25) is 0 Å². The summed E-state index contributed by atoms with van der Waals surface area (Å²) in [6, 6.07) is 7.09. The zero-order chi connectivity index (χ0) is 25.4. The molecule has 34 heavy (non-hydrogen) atoms. The van der Waals surface area contributed by atoms with Gasteiger partial charge in [-0.05, 0) is 41.9 Å². The number of allylic oxidation sites excluding steroid dienone is 2. The standard InChI is InChI=1S/C29H42BrF2NO/c1-6-8-9-10-11-12-13-24(30)27(34)33-26-19-23(31)18-25(32)29(26,7-2)22-16-14-21(15-17-22)20-28(3,4)5/h14-19,24,26H,6-13,20H2,1-5H3,(H,33,34). The monoisotopic (exact) mass is 537 g/mol. The van der Waals surface area contributed by atoms with E-state index in [1.807, 2.05) is 31.2 Å². The van der Waals surface area contributed by atoms with Crippen molar-refractivity contribution in [2.24, 2.45) is 5.41 Å². The molecule has 3 unspecified atom stereocenters. The number of rotatable bonds is 12. The van der Waals surface area contributed by atoms with Gasteiger partial charge in [-0.3, -0.25) is 4.79 Å². The minimum Gasteiger partial charge on any atom is -0.347 e. The van der Waals surface area contributed by atoms with Crippen LogP contribution in [0.5, 0.6) is 0 Å². The lowest BCUT2D eigenvalue weighted by molar-refractivity contribution is -0.121. The number of unbranched alkanes of at least 4 members (excludes halogenated alkanes) is 5. The lowest BCUT2D eigenvalue weighted by Gasteiger charge is -2.40. The first-order valence-corrected chi connectivity index (χ1v) is 13.7. The highest BCUT2D eigenvalue weighted by Gasteiger charge is 2.46. The molecule has 0 saturated heterocycles. The molecular weight excluding hydrogens is 496 g/mol. The van der Waals surface area contributed by atoms with Crippen LogP contribution in [0.3, 0.4) is 0 Å². The molecule has 0 heterocycles. The van der Waals surface area contributed by atoms with E-state index in [-0.39, 0.29) is 16.1 Å². The van der Waals surface area contributed by atoms with E-state index < -0.39 is 23.1 Å². The first-order chi connectivity index (χ1) is 16.0. The van der Waals surface area contributed by atoms with Crippen LogP contribution in [0.25, 0.3) is 0 Å². The van der Waals surface area contributed by atoms with Gasteiger partial charge in [-0.25, -0.2) is 8.78 Å². The van der Waals surface area contributed by atoms with Crippen LogP contribution >= 0.6 is 15.9 Å². The molecule has 3 atom stereocenters. The summed E-state index contributed by atoms with van der Waals surface area (Å²) in [7, 11) is 0. The van der Waals surface area contributed by atoms with Crippen molar-refractivity contribution in [1.82, 2.24) is 5.32 Å². The number of nitrogens with one attached hydrogen (secondary N) is 1. The van der Waals surface area contributed by atoms with Gasteiger partial charge in [0.25, 0.3) is 0 Å². The number of benzene rings is 1. The minimum atomic E-state index is -1.13. The molecule has 1 aromatic carbocycles. The maximum atomic E-state index is 15.5. The highest BCUT2D eigenvalue weighted by atomic mass is 79.9. The molecule has 0 fully saturated rings. The molecule has 2 rings (SSSR count). The number of carbonyl (C=O) groups is 1. The molecule has 0 spiro atoms. The molecule has 1 N–H and O–H groups in total. The van der Waals surface area contributed by atoms with Crippen LogP contribution in [0.1, 0.15) is 97.1 Å². The van der Waals surface area contributed by atoms with Gasteiger partial charge in [0.1, 0.15) is 11.7 Å². The van der Waals surface area contributed by atoms with Crippen LogP contribution < -0.4 is 5.32 Å². The van der Waals surface area contributed by atoms with Crippen LogP contribution in [-0.2, 0) is 16.6 Å². The highest BCUT2D eigenvalue weighted by Crippen LogP contribution is 2.44. The second-order valence-corrected chi connectivity index (χ2v) is 11.9. The van der Waals surface area contributed by atoms with Crippen molar-refractivity contribution in [2.45, 2.75) is 109 Å². The largest absolute Gasteiger partial charge is 0.347 e. The van der Waals surface area contributed by atoms with E-state index in [0.717, 1.165) is 30.9 Å². The summed E-state index contributed by atoms with van der Waals surface area (Å²) in [5.41, 5.74) is 0.934. The fraction of sp³-hybridized carbons (Fsp3) is 0.621. The normalized spacial score (nSPS) is 21.6.